The van der Waals surface area contributed by atoms with Gasteiger partial charge < -0.3 is 10.0 Å². The van der Waals surface area contributed by atoms with Crippen LogP contribution in [0.4, 0.5) is 0 Å². The Hall–Kier alpha value is -1.36. The summed E-state index contributed by atoms with van der Waals surface area (Å²) in [6.45, 7) is 2.24. The maximum atomic E-state index is 12.2. The van der Waals surface area contributed by atoms with Crippen LogP contribution in [0, 0.1) is 12.8 Å². The molecule has 0 aromatic carbocycles. The number of nitrogens with zero attached hydrogens (tertiary/aromatic N) is 1. The van der Waals surface area contributed by atoms with E-state index in [2.05, 4.69) is 0 Å². The zero-order chi connectivity index (χ0) is 12.4. The first kappa shape index (κ1) is 12.1. The van der Waals surface area contributed by atoms with Gasteiger partial charge >= 0.3 is 5.97 Å². The van der Waals surface area contributed by atoms with Gasteiger partial charge in [-0.3, -0.25) is 9.59 Å². The number of amides is 1. The van der Waals surface area contributed by atoms with Crippen LogP contribution in [0.5, 0.6) is 0 Å². The van der Waals surface area contributed by atoms with Crippen LogP contribution in [0.2, 0.25) is 0 Å². The first-order valence-corrected chi connectivity index (χ1v) is 6.56. The lowest BCUT2D eigenvalue weighted by atomic mass is 10.2. The molecule has 1 aromatic heterocycles. The molecule has 1 aromatic rings. The minimum atomic E-state index is -0.952. The summed E-state index contributed by atoms with van der Waals surface area (Å²) >= 11 is 1.47. The predicted molar refractivity (Wildman–Crippen MR) is 65.3 cm³/mol. The number of hydrogen-bond acceptors (Lipinski definition) is 3. The minimum Gasteiger partial charge on any atom is -0.480 e. The molecule has 1 heterocycles. The first-order valence-electron chi connectivity index (χ1n) is 5.61. The molecule has 4 nitrogen and oxygen atoms in total. The number of aliphatic carboxylic acids is 1. The quantitative estimate of drug-likeness (QED) is 0.873. The smallest absolute Gasteiger partial charge is 0.323 e. The fraction of sp³-hybridized carbons (Fsp3) is 0.500. The van der Waals surface area contributed by atoms with E-state index < -0.39 is 5.97 Å². The van der Waals surface area contributed by atoms with Gasteiger partial charge in [-0.1, -0.05) is 0 Å². The Morgan fingerprint density at radius 2 is 2.18 bits per heavy atom. The number of carbonyl (C=O) groups is 2. The summed E-state index contributed by atoms with van der Waals surface area (Å²) in [5.41, 5.74) is 1.56. The Morgan fingerprint density at radius 3 is 2.65 bits per heavy atom. The highest BCUT2D eigenvalue weighted by atomic mass is 32.1. The molecule has 1 aliphatic rings. The summed E-state index contributed by atoms with van der Waals surface area (Å²) in [6, 6.07) is 0. The van der Waals surface area contributed by atoms with Crippen LogP contribution in [0.15, 0.2) is 10.8 Å². The zero-order valence-corrected chi connectivity index (χ0v) is 10.5. The maximum absolute atomic E-state index is 12.2. The van der Waals surface area contributed by atoms with Crippen molar-refractivity contribution in [2.75, 3.05) is 13.1 Å². The number of thiophene rings is 1. The van der Waals surface area contributed by atoms with Gasteiger partial charge in [-0.05, 0) is 36.6 Å². The molecule has 1 saturated carbocycles. The fourth-order valence-electron chi connectivity index (χ4n) is 1.74. The summed E-state index contributed by atoms with van der Waals surface area (Å²) in [6.07, 6.45) is 2.21. The zero-order valence-electron chi connectivity index (χ0n) is 9.68. The van der Waals surface area contributed by atoms with Gasteiger partial charge in [-0.15, -0.1) is 0 Å². The van der Waals surface area contributed by atoms with E-state index in [0.717, 1.165) is 18.4 Å². The second-order valence-corrected chi connectivity index (χ2v) is 5.23. The van der Waals surface area contributed by atoms with E-state index in [9.17, 15) is 9.59 Å². The van der Waals surface area contributed by atoms with Gasteiger partial charge in [0, 0.05) is 11.9 Å². The average molecular weight is 253 g/mol. The Labute approximate surface area is 104 Å². The predicted octanol–water partition coefficient (Wildman–Crippen LogP) is 1.99. The Morgan fingerprint density at radius 1 is 1.47 bits per heavy atom. The van der Waals surface area contributed by atoms with Gasteiger partial charge in [0.15, 0.2) is 0 Å². The highest BCUT2D eigenvalue weighted by Crippen LogP contribution is 2.30. The van der Waals surface area contributed by atoms with Crippen LogP contribution in [-0.4, -0.2) is 35.0 Å². The number of hydrogen-bond donors (Lipinski definition) is 1. The summed E-state index contributed by atoms with van der Waals surface area (Å²) in [4.78, 5) is 24.4. The fourth-order valence-corrected chi connectivity index (χ4v) is 2.57. The Balaban J connectivity index is 2.10. The second kappa shape index (κ2) is 4.87. The molecule has 2 rings (SSSR count). The van der Waals surface area contributed by atoms with E-state index in [1.54, 1.807) is 5.38 Å². The summed E-state index contributed by atoms with van der Waals surface area (Å²) in [7, 11) is 0. The van der Waals surface area contributed by atoms with E-state index in [-0.39, 0.29) is 12.5 Å². The lowest BCUT2D eigenvalue weighted by Gasteiger charge is -2.20. The Bertz CT molecular complexity index is 437. The molecule has 0 bridgehead atoms. The summed E-state index contributed by atoms with van der Waals surface area (Å²) < 4.78 is 0. The van der Waals surface area contributed by atoms with Crippen molar-refractivity contribution in [3.63, 3.8) is 0 Å². The standard InChI is InChI=1S/C12H15NO3S/c1-8-6-17-7-10(8)12(16)13(5-11(14)15)4-9-2-3-9/h6-7,9H,2-5H2,1H3,(H,14,15). The third-order valence-electron chi connectivity index (χ3n) is 2.87. The van der Waals surface area contributed by atoms with Crippen molar-refractivity contribution in [1.29, 1.82) is 0 Å². The SMILES string of the molecule is Cc1cscc1C(=O)N(CC(=O)O)CC1CC1. The van der Waals surface area contributed by atoms with E-state index in [4.69, 9.17) is 5.11 Å². The van der Waals surface area contributed by atoms with Crippen LogP contribution in [0.25, 0.3) is 0 Å². The van der Waals surface area contributed by atoms with Crippen molar-refractivity contribution < 1.29 is 14.7 Å². The van der Waals surface area contributed by atoms with Crippen LogP contribution in [0.1, 0.15) is 28.8 Å². The number of carbonyl (C=O) groups excluding carboxylic acids is 1. The van der Waals surface area contributed by atoms with Gasteiger partial charge in [0.1, 0.15) is 6.54 Å². The van der Waals surface area contributed by atoms with Gasteiger partial charge in [-0.2, -0.15) is 11.3 Å². The number of carboxylic acid groups (broad SMARTS) is 1. The average Bonchev–Trinajstić information content (AvgIpc) is 2.97. The molecule has 17 heavy (non-hydrogen) atoms. The Kier molecular flexibility index (Phi) is 3.47. The lowest BCUT2D eigenvalue weighted by molar-refractivity contribution is -0.137. The number of rotatable bonds is 5. The first-order chi connectivity index (χ1) is 8.08. The van der Waals surface area contributed by atoms with Crippen LogP contribution in [-0.2, 0) is 4.79 Å². The summed E-state index contributed by atoms with van der Waals surface area (Å²) in [5, 5.41) is 12.5. The molecule has 0 unspecified atom stereocenters. The van der Waals surface area contributed by atoms with E-state index in [0.29, 0.717) is 18.0 Å². The van der Waals surface area contributed by atoms with Crippen molar-refractivity contribution in [3.8, 4) is 0 Å². The summed E-state index contributed by atoms with van der Waals surface area (Å²) in [5.74, 6) is -0.609. The lowest BCUT2D eigenvalue weighted by Crippen LogP contribution is -2.37. The molecule has 5 heteroatoms. The van der Waals surface area contributed by atoms with Crippen LogP contribution in [0.3, 0.4) is 0 Å². The molecule has 0 saturated heterocycles. The van der Waals surface area contributed by atoms with Crippen LogP contribution < -0.4 is 0 Å². The molecule has 1 N–H and O–H groups in total. The molecule has 0 atom stereocenters. The van der Waals surface area contributed by atoms with E-state index in [1.165, 1.54) is 16.2 Å². The topological polar surface area (TPSA) is 57.6 Å². The largest absolute Gasteiger partial charge is 0.480 e. The van der Waals surface area contributed by atoms with Gasteiger partial charge in [0.25, 0.3) is 5.91 Å². The number of carboxylic acids is 1. The van der Waals surface area contributed by atoms with Crippen molar-refractivity contribution in [2.24, 2.45) is 5.92 Å². The third-order valence-corrected chi connectivity index (χ3v) is 3.74. The van der Waals surface area contributed by atoms with Crippen molar-refractivity contribution >= 4 is 23.2 Å². The normalized spacial score (nSPS) is 14.6. The molecule has 0 radical (unpaired) electrons. The molecular weight excluding hydrogens is 238 g/mol. The molecular formula is C12H15NO3S. The maximum Gasteiger partial charge on any atom is 0.323 e. The van der Waals surface area contributed by atoms with E-state index in [1.807, 2.05) is 12.3 Å². The van der Waals surface area contributed by atoms with E-state index >= 15 is 0 Å². The monoisotopic (exact) mass is 253 g/mol. The second-order valence-electron chi connectivity index (χ2n) is 4.49. The third kappa shape index (κ3) is 3.06. The molecule has 1 fully saturated rings. The highest BCUT2D eigenvalue weighted by molar-refractivity contribution is 7.08. The van der Waals surface area contributed by atoms with Gasteiger partial charge in [0.2, 0.25) is 0 Å². The molecule has 0 aliphatic heterocycles. The molecule has 1 aliphatic carbocycles. The van der Waals surface area contributed by atoms with Crippen molar-refractivity contribution in [1.82, 2.24) is 4.90 Å². The molecule has 1 amide bonds. The van der Waals surface area contributed by atoms with Crippen molar-refractivity contribution in [2.45, 2.75) is 19.8 Å². The van der Waals surface area contributed by atoms with Crippen LogP contribution >= 0.6 is 11.3 Å². The highest BCUT2D eigenvalue weighted by Gasteiger charge is 2.29. The minimum absolute atomic E-state index is 0.155. The van der Waals surface area contributed by atoms with Crippen molar-refractivity contribution in [3.05, 3.63) is 21.9 Å². The number of aryl methyl sites for hydroxylation is 1. The molecule has 92 valence electrons. The van der Waals surface area contributed by atoms with Gasteiger partial charge in [-0.25, -0.2) is 0 Å². The molecule has 0 spiro atoms. The van der Waals surface area contributed by atoms with Gasteiger partial charge in [0.05, 0.1) is 5.56 Å².